The third-order valence-corrected chi connectivity index (χ3v) is 3.16. The molecule has 2 rings (SSSR count). The van der Waals surface area contributed by atoms with Gasteiger partial charge in [0.1, 0.15) is 5.56 Å². The smallest absolute Gasteiger partial charge is 0.339 e. The van der Waals surface area contributed by atoms with Gasteiger partial charge in [-0.1, -0.05) is 23.2 Å². The van der Waals surface area contributed by atoms with Crippen molar-refractivity contribution in [2.75, 3.05) is 0 Å². The fraction of sp³-hybridized carbons (Fsp3) is 0. The van der Waals surface area contributed by atoms with Crippen LogP contribution in [0, 0.1) is 10.1 Å². The third-order valence-electron chi connectivity index (χ3n) is 2.43. The highest BCUT2D eigenvalue weighted by Crippen LogP contribution is 2.38. The number of aromatic nitrogens is 1. The molecule has 0 atom stereocenters. The molecular formula is C12H6Cl2N2O5. The number of nitro groups is 1. The molecule has 2 aromatic rings. The molecule has 0 bridgehead atoms. The number of halogens is 2. The minimum Gasteiger partial charge on any atom is -0.478 e. The van der Waals surface area contributed by atoms with Crippen LogP contribution in [0.1, 0.15) is 10.4 Å². The van der Waals surface area contributed by atoms with Gasteiger partial charge in [-0.05, 0) is 6.07 Å². The molecule has 0 aliphatic heterocycles. The summed E-state index contributed by atoms with van der Waals surface area (Å²) in [7, 11) is 0. The summed E-state index contributed by atoms with van der Waals surface area (Å²) in [6.07, 6.45) is 2.40. The van der Waals surface area contributed by atoms with E-state index >= 15 is 0 Å². The second-order valence-electron chi connectivity index (χ2n) is 3.77. The lowest BCUT2D eigenvalue weighted by Crippen LogP contribution is -2.01. The first kappa shape index (κ1) is 15.0. The first-order chi connectivity index (χ1) is 9.90. The molecule has 1 aromatic heterocycles. The number of benzene rings is 1. The lowest BCUT2D eigenvalue weighted by atomic mass is 10.2. The minimum absolute atomic E-state index is 0.0136. The van der Waals surface area contributed by atoms with E-state index in [0.29, 0.717) is 0 Å². The Kier molecular flexibility index (Phi) is 4.25. The van der Waals surface area contributed by atoms with Crippen molar-refractivity contribution in [3.8, 4) is 11.5 Å². The van der Waals surface area contributed by atoms with Crippen molar-refractivity contribution in [1.29, 1.82) is 0 Å². The van der Waals surface area contributed by atoms with Crippen molar-refractivity contribution in [2.45, 2.75) is 0 Å². The Bertz CT molecular complexity index is 736. The summed E-state index contributed by atoms with van der Waals surface area (Å²) >= 11 is 11.5. The van der Waals surface area contributed by atoms with E-state index in [1.165, 1.54) is 12.3 Å². The van der Waals surface area contributed by atoms with Crippen LogP contribution in [0.25, 0.3) is 0 Å². The van der Waals surface area contributed by atoms with E-state index in [-0.39, 0.29) is 27.1 Å². The van der Waals surface area contributed by atoms with E-state index in [1.807, 2.05) is 0 Å². The third kappa shape index (κ3) is 3.21. The summed E-state index contributed by atoms with van der Waals surface area (Å²) < 4.78 is 5.27. The Morgan fingerprint density at radius 1 is 1.29 bits per heavy atom. The Hall–Kier alpha value is -2.38. The quantitative estimate of drug-likeness (QED) is 0.676. The van der Waals surface area contributed by atoms with E-state index in [4.69, 9.17) is 33.0 Å². The molecule has 7 nitrogen and oxygen atoms in total. The van der Waals surface area contributed by atoms with Crippen LogP contribution in [0.2, 0.25) is 10.0 Å². The number of hydrogen-bond donors (Lipinski definition) is 1. The van der Waals surface area contributed by atoms with Gasteiger partial charge in [0.2, 0.25) is 5.75 Å². The number of carboxylic acid groups (broad SMARTS) is 1. The van der Waals surface area contributed by atoms with E-state index in [9.17, 15) is 14.9 Å². The Labute approximate surface area is 127 Å². The van der Waals surface area contributed by atoms with Crippen LogP contribution in [0.4, 0.5) is 5.69 Å². The first-order valence-electron chi connectivity index (χ1n) is 5.38. The molecular weight excluding hydrogens is 323 g/mol. The van der Waals surface area contributed by atoms with Crippen molar-refractivity contribution in [3.05, 3.63) is 56.3 Å². The van der Waals surface area contributed by atoms with Gasteiger partial charge in [-0.3, -0.25) is 15.1 Å². The molecule has 0 aliphatic rings. The molecule has 9 heteroatoms. The molecule has 108 valence electrons. The lowest BCUT2D eigenvalue weighted by molar-refractivity contribution is -0.385. The van der Waals surface area contributed by atoms with Gasteiger partial charge in [-0.25, -0.2) is 4.79 Å². The summed E-state index contributed by atoms with van der Waals surface area (Å²) in [4.78, 5) is 25.1. The Morgan fingerprint density at radius 3 is 2.57 bits per heavy atom. The zero-order chi connectivity index (χ0) is 15.6. The number of nitro benzene ring substituents is 1. The maximum absolute atomic E-state index is 11.1. The van der Waals surface area contributed by atoms with Crippen LogP contribution in [0.15, 0.2) is 30.6 Å². The highest BCUT2D eigenvalue weighted by atomic mass is 35.5. The van der Waals surface area contributed by atoms with E-state index in [1.54, 1.807) is 0 Å². The molecule has 0 spiro atoms. The number of pyridine rings is 1. The van der Waals surface area contributed by atoms with Crippen molar-refractivity contribution < 1.29 is 19.6 Å². The molecule has 0 fully saturated rings. The Morgan fingerprint density at radius 2 is 1.95 bits per heavy atom. The van der Waals surface area contributed by atoms with E-state index in [2.05, 4.69) is 4.98 Å². The molecule has 0 saturated carbocycles. The molecule has 1 heterocycles. The summed E-state index contributed by atoms with van der Waals surface area (Å²) in [5.41, 5.74) is -0.630. The number of aromatic carboxylic acids is 1. The summed E-state index contributed by atoms with van der Waals surface area (Å²) in [5, 5.41) is 20.0. The van der Waals surface area contributed by atoms with Gasteiger partial charge in [-0.15, -0.1) is 0 Å². The normalized spacial score (nSPS) is 10.2. The SMILES string of the molecule is O=C(O)c1ccncc1Oc1cc(Cl)c(Cl)cc1[N+](=O)[O-]. The standard InChI is InChI=1S/C12H6Cl2N2O5/c13-7-3-9(16(19)20)10(4-8(7)14)21-11-5-15-2-1-6(11)12(17)18/h1-5H,(H,17,18). The van der Waals surface area contributed by atoms with Gasteiger partial charge in [0.15, 0.2) is 5.75 Å². The molecule has 0 unspecified atom stereocenters. The topological polar surface area (TPSA) is 103 Å². The van der Waals surface area contributed by atoms with Crippen molar-refractivity contribution in [1.82, 2.24) is 4.98 Å². The predicted octanol–water partition coefficient (Wildman–Crippen LogP) is 3.79. The highest BCUT2D eigenvalue weighted by Gasteiger charge is 2.21. The van der Waals surface area contributed by atoms with Crippen molar-refractivity contribution in [3.63, 3.8) is 0 Å². The van der Waals surface area contributed by atoms with Gasteiger partial charge in [0.25, 0.3) is 0 Å². The van der Waals surface area contributed by atoms with Gasteiger partial charge in [-0.2, -0.15) is 0 Å². The van der Waals surface area contributed by atoms with Crippen molar-refractivity contribution in [2.24, 2.45) is 0 Å². The second kappa shape index (κ2) is 5.94. The van der Waals surface area contributed by atoms with E-state index in [0.717, 1.165) is 18.3 Å². The number of hydrogen-bond acceptors (Lipinski definition) is 5. The summed E-state index contributed by atoms with van der Waals surface area (Å²) in [5.74, 6) is -1.63. The van der Waals surface area contributed by atoms with Crippen LogP contribution in [0.3, 0.4) is 0 Å². The van der Waals surface area contributed by atoms with Gasteiger partial charge >= 0.3 is 11.7 Å². The van der Waals surface area contributed by atoms with Gasteiger partial charge in [0.05, 0.1) is 21.2 Å². The maximum Gasteiger partial charge on any atom is 0.339 e. The first-order valence-corrected chi connectivity index (χ1v) is 6.14. The molecule has 1 N–H and O–H groups in total. The number of nitrogens with zero attached hydrogens (tertiary/aromatic N) is 2. The van der Waals surface area contributed by atoms with Crippen LogP contribution >= 0.6 is 23.2 Å². The number of ether oxygens (including phenoxy) is 1. The largest absolute Gasteiger partial charge is 0.478 e. The number of carboxylic acids is 1. The highest BCUT2D eigenvalue weighted by molar-refractivity contribution is 6.42. The Balaban J connectivity index is 2.52. The average molecular weight is 329 g/mol. The molecule has 0 amide bonds. The summed E-state index contributed by atoms with van der Waals surface area (Å²) in [6.45, 7) is 0. The van der Waals surface area contributed by atoms with Gasteiger partial charge < -0.3 is 9.84 Å². The number of carbonyl (C=O) groups is 1. The van der Waals surface area contributed by atoms with Crippen molar-refractivity contribution >= 4 is 34.9 Å². The maximum atomic E-state index is 11.1. The lowest BCUT2D eigenvalue weighted by Gasteiger charge is -2.09. The van der Waals surface area contributed by atoms with Crippen LogP contribution in [-0.4, -0.2) is 21.0 Å². The van der Waals surface area contributed by atoms with Gasteiger partial charge in [0, 0.05) is 18.3 Å². The second-order valence-corrected chi connectivity index (χ2v) is 4.58. The summed E-state index contributed by atoms with van der Waals surface area (Å²) in [6, 6.07) is 3.37. The zero-order valence-electron chi connectivity index (χ0n) is 10.1. The zero-order valence-corrected chi connectivity index (χ0v) is 11.6. The molecule has 1 aromatic carbocycles. The molecule has 0 radical (unpaired) electrons. The molecule has 21 heavy (non-hydrogen) atoms. The average Bonchev–Trinajstić information content (AvgIpc) is 2.42. The molecule has 0 aliphatic carbocycles. The molecule has 0 saturated heterocycles. The minimum atomic E-state index is -1.25. The van der Waals surface area contributed by atoms with E-state index < -0.39 is 16.6 Å². The fourth-order valence-electron chi connectivity index (χ4n) is 1.50. The number of rotatable bonds is 4. The predicted molar refractivity (Wildman–Crippen MR) is 74.4 cm³/mol. The van der Waals surface area contributed by atoms with Crippen LogP contribution in [0.5, 0.6) is 11.5 Å². The van der Waals surface area contributed by atoms with Crippen LogP contribution in [-0.2, 0) is 0 Å². The monoisotopic (exact) mass is 328 g/mol. The fourth-order valence-corrected chi connectivity index (χ4v) is 1.81. The van der Waals surface area contributed by atoms with Crippen LogP contribution < -0.4 is 4.74 Å².